The lowest BCUT2D eigenvalue weighted by Crippen LogP contribution is -2.31. The second-order valence-corrected chi connectivity index (χ2v) is 6.78. The molecule has 1 saturated heterocycles. The summed E-state index contributed by atoms with van der Waals surface area (Å²) in [5.74, 6) is 2.16. The largest absolute Gasteiger partial charge is 0.455 e. The highest BCUT2D eigenvalue weighted by Crippen LogP contribution is 2.50. The third kappa shape index (κ3) is 3.76. The van der Waals surface area contributed by atoms with Gasteiger partial charge in [0.1, 0.15) is 5.75 Å². The minimum atomic E-state index is 0.0815. The third-order valence-electron chi connectivity index (χ3n) is 3.80. The second kappa shape index (κ2) is 6.62. The van der Waals surface area contributed by atoms with Gasteiger partial charge >= 0.3 is 0 Å². The lowest BCUT2D eigenvalue weighted by Gasteiger charge is -2.35. The van der Waals surface area contributed by atoms with Crippen LogP contribution in [0.25, 0.3) is 0 Å². The quantitative estimate of drug-likeness (QED) is 0.723. The summed E-state index contributed by atoms with van der Waals surface area (Å²) < 4.78 is 12.0. The summed E-state index contributed by atoms with van der Waals surface area (Å²) in [6.45, 7) is 9.89. The fraction of sp³-hybridized carbons (Fsp3) is 0.611. The highest BCUT2D eigenvalue weighted by atomic mass is 16.7. The fourth-order valence-electron chi connectivity index (χ4n) is 3.34. The highest BCUT2D eigenvalue weighted by Gasteiger charge is 2.48. The van der Waals surface area contributed by atoms with Crippen LogP contribution >= 0.6 is 0 Å². The maximum atomic E-state index is 6.09. The van der Waals surface area contributed by atoms with E-state index in [-0.39, 0.29) is 5.41 Å². The van der Waals surface area contributed by atoms with Crippen LogP contribution in [-0.4, -0.2) is 6.61 Å². The van der Waals surface area contributed by atoms with Gasteiger partial charge in [0, 0.05) is 5.41 Å². The molecule has 1 aliphatic rings. The monoisotopic (exact) mass is 275 g/mol. The van der Waals surface area contributed by atoms with Gasteiger partial charge < -0.3 is 9.47 Å². The SMILES string of the molecule is CC(C)CC1(CC(C)C)CCO[C]1Oc1ccccc1. The average Bonchev–Trinajstić information content (AvgIpc) is 2.71. The van der Waals surface area contributed by atoms with Crippen molar-refractivity contribution >= 4 is 0 Å². The first-order valence-electron chi connectivity index (χ1n) is 7.75. The predicted octanol–water partition coefficient (Wildman–Crippen LogP) is 5.05. The molecule has 1 fully saturated rings. The lowest BCUT2D eigenvalue weighted by molar-refractivity contribution is -0.00502. The van der Waals surface area contributed by atoms with Crippen molar-refractivity contribution in [2.45, 2.75) is 47.0 Å². The third-order valence-corrected chi connectivity index (χ3v) is 3.80. The molecule has 20 heavy (non-hydrogen) atoms. The number of hydrogen-bond acceptors (Lipinski definition) is 2. The smallest absolute Gasteiger partial charge is 0.283 e. The standard InChI is InChI=1S/C18H27O2/c1-14(2)12-18(13-15(3)4)10-11-19-17(18)20-16-8-6-5-7-9-16/h5-9,14-15H,10-13H2,1-4H3. The van der Waals surface area contributed by atoms with Crippen LogP contribution in [0.4, 0.5) is 0 Å². The average molecular weight is 275 g/mol. The zero-order valence-corrected chi connectivity index (χ0v) is 13.2. The van der Waals surface area contributed by atoms with E-state index in [1.165, 1.54) is 0 Å². The van der Waals surface area contributed by atoms with Crippen LogP contribution in [-0.2, 0) is 4.74 Å². The van der Waals surface area contributed by atoms with Crippen molar-refractivity contribution in [1.29, 1.82) is 0 Å². The van der Waals surface area contributed by atoms with E-state index < -0.39 is 0 Å². The van der Waals surface area contributed by atoms with E-state index in [9.17, 15) is 0 Å². The molecule has 1 radical (unpaired) electrons. The minimum Gasteiger partial charge on any atom is -0.455 e. The van der Waals surface area contributed by atoms with Crippen molar-refractivity contribution in [2.75, 3.05) is 6.61 Å². The Balaban J connectivity index is 2.15. The van der Waals surface area contributed by atoms with Gasteiger partial charge in [-0.1, -0.05) is 45.9 Å². The summed E-state index contributed by atoms with van der Waals surface area (Å²) >= 11 is 0. The van der Waals surface area contributed by atoms with Crippen LogP contribution in [0, 0.1) is 23.5 Å². The van der Waals surface area contributed by atoms with E-state index in [2.05, 4.69) is 27.7 Å². The summed E-state index contributed by atoms with van der Waals surface area (Å²) in [5.41, 5.74) is 0.0815. The molecule has 2 heteroatoms. The van der Waals surface area contributed by atoms with Crippen LogP contribution in [0.1, 0.15) is 47.0 Å². The van der Waals surface area contributed by atoms with Crippen LogP contribution in [0.2, 0.25) is 0 Å². The number of benzene rings is 1. The Hall–Kier alpha value is -1.02. The summed E-state index contributed by atoms with van der Waals surface area (Å²) in [6.07, 6.45) is 4.18. The Kier molecular flexibility index (Phi) is 5.09. The molecular weight excluding hydrogens is 248 g/mol. The molecule has 0 saturated carbocycles. The molecule has 2 rings (SSSR count). The maximum Gasteiger partial charge on any atom is 0.283 e. The van der Waals surface area contributed by atoms with Gasteiger partial charge in [0.25, 0.3) is 6.29 Å². The van der Waals surface area contributed by atoms with Gasteiger partial charge in [0.05, 0.1) is 6.61 Å². The highest BCUT2D eigenvalue weighted by molar-refractivity contribution is 5.23. The minimum absolute atomic E-state index is 0.0815. The number of ether oxygens (including phenoxy) is 2. The molecule has 0 amide bonds. The van der Waals surface area contributed by atoms with Gasteiger partial charge in [-0.15, -0.1) is 0 Å². The van der Waals surface area contributed by atoms with Crippen LogP contribution in [0.3, 0.4) is 0 Å². The lowest BCUT2D eigenvalue weighted by atomic mass is 9.72. The number of hydrogen-bond donors (Lipinski definition) is 0. The molecule has 1 heterocycles. The van der Waals surface area contributed by atoms with E-state index >= 15 is 0 Å². The van der Waals surface area contributed by atoms with Crippen molar-refractivity contribution in [3.8, 4) is 5.75 Å². The van der Waals surface area contributed by atoms with Crippen molar-refractivity contribution < 1.29 is 9.47 Å². The van der Waals surface area contributed by atoms with Gasteiger partial charge in [0.2, 0.25) is 0 Å². The molecule has 111 valence electrons. The van der Waals surface area contributed by atoms with Crippen LogP contribution < -0.4 is 4.74 Å². The molecule has 1 aromatic rings. The molecule has 0 N–H and O–H groups in total. The molecule has 0 unspecified atom stereocenters. The van der Waals surface area contributed by atoms with Crippen molar-refractivity contribution in [3.05, 3.63) is 36.6 Å². The van der Waals surface area contributed by atoms with E-state index in [1.54, 1.807) is 0 Å². The normalized spacial score (nSPS) is 18.9. The maximum absolute atomic E-state index is 6.09. The summed E-state index contributed by atoms with van der Waals surface area (Å²) in [7, 11) is 0. The predicted molar refractivity (Wildman–Crippen MR) is 82.2 cm³/mol. The number of rotatable bonds is 6. The van der Waals surface area contributed by atoms with Crippen molar-refractivity contribution in [3.63, 3.8) is 0 Å². The molecule has 0 atom stereocenters. The summed E-state index contributed by atoms with van der Waals surface area (Å²) in [5, 5.41) is 0. The molecular formula is C18H27O2. The second-order valence-electron chi connectivity index (χ2n) is 6.78. The zero-order valence-electron chi connectivity index (χ0n) is 13.2. The Morgan fingerprint density at radius 3 is 2.20 bits per heavy atom. The van der Waals surface area contributed by atoms with Crippen LogP contribution in [0.5, 0.6) is 5.75 Å². The van der Waals surface area contributed by atoms with E-state index in [1.807, 2.05) is 30.3 Å². The van der Waals surface area contributed by atoms with Gasteiger partial charge in [-0.05, 0) is 43.2 Å². The number of para-hydroxylation sites is 1. The molecule has 1 aliphatic heterocycles. The van der Waals surface area contributed by atoms with Crippen molar-refractivity contribution in [2.24, 2.45) is 17.3 Å². The Bertz CT molecular complexity index is 387. The van der Waals surface area contributed by atoms with Gasteiger partial charge in [-0.25, -0.2) is 0 Å². The van der Waals surface area contributed by atoms with Gasteiger partial charge in [-0.2, -0.15) is 0 Å². The molecule has 1 aromatic carbocycles. The molecule has 0 aliphatic carbocycles. The van der Waals surface area contributed by atoms with Crippen LogP contribution in [0.15, 0.2) is 30.3 Å². The topological polar surface area (TPSA) is 18.5 Å². The molecule has 0 aromatic heterocycles. The molecule has 0 bridgehead atoms. The fourth-order valence-corrected chi connectivity index (χ4v) is 3.34. The van der Waals surface area contributed by atoms with Crippen molar-refractivity contribution in [1.82, 2.24) is 0 Å². The Morgan fingerprint density at radius 1 is 1.05 bits per heavy atom. The first-order chi connectivity index (χ1) is 9.52. The van der Waals surface area contributed by atoms with Gasteiger partial charge in [-0.3, -0.25) is 0 Å². The molecule has 2 nitrogen and oxygen atoms in total. The van der Waals surface area contributed by atoms with E-state index in [0.29, 0.717) is 11.8 Å². The summed E-state index contributed by atoms with van der Waals surface area (Å²) in [4.78, 5) is 0. The summed E-state index contributed by atoms with van der Waals surface area (Å²) in [6, 6.07) is 9.98. The van der Waals surface area contributed by atoms with Gasteiger partial charge in [0.15, 0.2) is 0 Å². The molecule has 0 spiro atoms. The first-order valence-corrected chi connectivity index (χ1v) is 7.75. The van der Waals surface area contributed by atoms with E-state index in [4.69, 9.17) is 9.47 Å². The zero-order chi connectivity index (χ0) is 14.6. The van der Waals surface area contributed by atoms with E-state index in [0.717, 1.165) is 37.9 Å². The Labute approximate surface area is 123 Å². The first kappa shape index (κ1) is 15.4. The Morgan fingerprint density at radius 2 is 1.65 bits per heavy atom.